The first kappa shape index (κ1) is 20.6. The van der Waals surface area contributed by atoms with Crippen LogP contribution in [0, 0.1) is 0 Å². The van der Waals surface area contributed by atoms with Crippen LogP contribution in [0.25, 0.3) is 11.7 Å². The van der Waals surface area contributed by atoms with Gasteiger partial charge in [0.25, 0.3) is 0 Å². The molecule has 0 atom stereocenters. The molecule has 2 aromatic carbocycles. The van der Waals surface area contributed by atoms with E-state index in [1.54, 1.807) is 31.3 Å². The fourth-order valence-electron chi connectivity index (χ4n) is 2.75. The molecule has 0 heterocycles. The Balaban J connectivity index is 2.16. The van der Waals surface area contributed by atoms with Gasteiger partial charge in [0.15, 0.2) is 11.7 Å². The molecule has 0 saturated carbocycles. The lowest BCUT2D eigenvalue weighted by Crippen LogP contribution is -2.23. The first-order valence-corrected chi connectivity index (χ1v) is 9.13. The highest BCUT2D eigenvalue weighted by Gasteiger charge is 2.13. The van der Waals surface area contributed by atoms with E-state index in [1.807, 2.05) is 12.1 Å². The summed E-state index contributed by atoms with van der Waals surface area (Å²) in [5.41, 5.74) is 2.05. The number of rotatable bonds is 8. The Morgan fingerprint density at radius 3 is 1.96 bits per heavy atom. The van der Waals surface area contributed by atoms with Crippen LogP contribution in [0.1, 0.15) is 42.9 Å². The predicted molar refractivity (Wildman–Crippen MR) is 109 cm³/mol. The number of aryl methyl sites for hydroxylation is 1. The minimum absolute atomic E-state index is 0.128. The first-order chi connectivity index (χ1) is 13.0. The average Bonchev–Trinajstić information content (AvgIpc) is 2.72. The van der Waals surface area contributed by atoms with Crippen molar-refractivity contribution in [1.82, 2.24) is 0 Å². The van der Waals surface area contributed by atoms with Crippen molar-refractivity contribution >= 4 is 23.2 Å². The zero-order valence-electron chi connectivity index (χ0n) is 15.8. The van der Waals surface area contributed by atoms with Gasteiger partial charge in [-0.1, -0.05) is 50.6 Å². The van der Waals surface area contributed by atoms with Gasteiger partial charge in [0, 0.05) is 23.9 Å². The lowest BCUT2D eigenvalue weighted by molar-refractivity contribution is -0.113. The normalized spacial score (nSPS) is 11.7. The summed E-state index contributed by atoms with van der Waals surface area (Å²) in [4.78, 5) is 13.0. The third-order valence-electron chi connectivity index (χ3n) is 4.48. The number of likely N-dealkylation sites (N-methyl/N-ethyl adjacent to an activating group) is 1. The van der Waals surface area contributed by atoms with Crippen molar-refractivity contribution in [2.45, 2.75) is 32.6 Å². The summed E-state index contributed by atoms with van der Waals surface area (Å²) >= 11 is 0. The minimum atomic E-state index is -0.919. The largest absolute Gasteiger partial charge is 0.312 e. The van der Waals surface area contributed by atoms with E-state index in [1.165, 1.54) is 23.1 Å². The number of hydrogen-bond donors (Lipinski definition) is 0. The van der Waals surface area contributed by atoms with Crippen LogP contribution in [0.4, 0.5) is 14.5 Å². The summed E-state index contributed by atoms with van der Waals surface area (Å²) in [6, 6.07) is 13.0. The number of benzene rings is 2. The summed E-state index contributed by atoms with van der Waals surface area (Å²) in [5.74, 6) is -2.08. The average molecular weight is 369 g/mol. The van der Waals surface area contributed by atoms with Crippen LogP contribution in [-0.4, -0.2) is 13.0 Å². The topological polar surface area (TPSA) is 20.3 Å². The van der Waals surface area contributed by atoms with Crippen molar-refractivity contribution in [2.75, 3.05) is 11.9 Å². The van der Waals surface area contributed by atoms with Crippen LogP contribution >= 0.6 is 0 Å². The van der Waals surface area contributed by atoms with Gasteiger partial charge >= 0.3 is 0 Å². The maximum atomic E-state index is 14.5. The van der Waals surface area contributed by atoms with Gasteiger partial charge in [0.2, 0.25) is 5.91 Å². The Hall–Kier alpha value is -2.75. The number of anilines is 1. The van der Waals surface area contributed by atoms with Crippen LogP contribution in [0.15, 0.2) is 61.2 Å². The van der Waals surface area contributed by atoms with E-state index >= 15 is 0 Å². The second-order valence-electron chi connectivity index (χ2n) is 6.43. The monoisotopic (exact) mass is 369 g/mol. The molecule has 2 nitrogen and oxygen atoms in total. The van der Waals surface area contributed by atoms with Crippen LogP contribution in [0.2, 0.25) is 0 Å². The van der Waals surface area contributed by atoms with E-state index in [-0.39, 0.29) is 17.0 Å². The van der Waals surface area contributed by atoms with Gasteiger partial charge in [-0.15, -0.1) is 0 Å². The highest BCUT2D eigenvalue weighted by atomic mass is 19.2. The Morgan fingerprint density at radius 1 is 0.963 bits per heavy atom. The lowest BCUT2D eigenvalue weighted by Gasteiger charge is -2.15. The molecule has 27 heavy (non-hydrogen) atoms. The van der Waals surface area contributed by atoms with Crippen molar-refractivity contribution < 1.29 is 13.6 Å². The van der Waals surface area contributed by atoms with Crippen LogP contribution < -0.4 is 4.90 Å². The number of carbonyl (C=O) groups excluding carboxylic acids is 1. The zero-order chi connectivity index (χ0) is 19.8. The molecule has 0 aliphatic carbocycles. The third-order valence-corrected chi connectivity index (χ3v) is 4.48. The van der Waals surface area contributed by atoms with Gasteiger partial charge < -0.3 is 4.90 Å². The van der Waals surface area contributed by atoms with Gasteiger partial charge in [-0.2, -0.15) is 0 Å². The fourth-order valence-corrected chi connectivity index (χ4v) is 2.75. The van der Waals surface area contributed by atoms with E-state index in [0.717, 1.165) is 31.2 Å². The van der Waals surface area contributed by atoms with Crippen molar-refractivity contribution in [3.8, 4) is 0 Å². The molecule has 0 spiro atoms. The number of unbranched alkanes of at least 4 members (excludes halogenated alkanes) is 2. The molecule has 0 bridgehead atoms. The highest BCUT2D eigenvalue weighted by Crippen LogP contribution is 2.30. The summed E-state index contributed by atoms with van der Waals surface area (Å²) in [7, 11) is 1.59. The van der Waals surface area contributed by atoms with E-state index in [4.69, 9.17) is 0 Å². The molecule has 0 aliphatic rings. The summed E-state index contributed by atoms with van der Waals surface area (Å²) in [6.45, 7) is 5.58. The van der Waals surface area contributed by atoms with E-state index in [9.17, 15) is 13.6 Å². The quantitative estimate of drug-likeness (QED) is 0.302. The Kier molecular flexibility index (Phi) is 7.47. The van der Waals surface area contributed by atoms with Crippen molar-refractivity contribution in [3.05, 3.63) is 77.9 Å². The van der Waals surface area contributed by atoms with Crippen molar-refractivity contribution in [3.63, 3.8) is 0 Å². The SMILES string of the molecule is C=CC(=O)N(C)c1ccc(/C(F)=C(\F)c2ccc(CCCCC)cc2)cc1. The molecule has 0 fully saturated rings. The molecular weight excluding hydrogens is 344 g/mol. The maximum Gasteiger partial charge on any atom is 0.250 e. The molecule has 0 radical (unpaired) electrons. The number of carbonyl (C=O) groups is 1. The lowest BCUT2D eigenvalue weighted by atomic mass is 10.0. The van der Waals surface area contributed by atoms with Crippen LogP contribution in [-0.2, 0) is 11.2 Å². The Morgan fingerprint density at radius 2 is 1.48 bits per heavy atom. The summed E-state index contributed by atoms with van der Waals surface area (Å²) < 4.78 is 29.1. The zero-order valence-corrected chi connectivity index (χ0v) is 15.8. The van der Waals surface area contributed by atoms with Gasteiger partial charge in [-0.05, 0) is 48.7 Å². The Bertz CT molecular complexity index is 807. The van der Waals surface area contributed by atoms with Crippen LogP contribution in [0.5, 0.6) is 0 Å². The first-order valence-electron chi connectivity index (χ1n) is 9.13. The molecule has 0 saturated heterocycles. The highest BCUT2D eigenvalue weighted by molar-refractivity contribution is 6.00. The molecule has 0 N–H and O–H groups in total. The fraction of sp³-hybridized carbons (Fsp3) is 0.261. The van der Waals surface area contributed by atoms with E-state index < -0.39 is 11.7 Å². The molecular formula is C23H25F2NO. The van der Waals surface area contributed by atoms with Gasteiger partial charge in [-0.25, -0.2) is 8.78 Å². The molecule has 0 aromatic heterocycles. The summed E-state index contributed by atoms with van der Waals surface area (Å²) in [6.07, 6.45) is 5.54. The second kappa shape index (κ2) is 9.81. The number of hydrogen-bond acceptors (Lipinski definition) is 1. The van der Waals surface area contributed by atoms with Gasteiger partial charge in [0.1, 0.15) is 0 Å². The smallest absolute Gasteiger partial charge is 0.250 e. The molecule has 4 heteroatoms. The van der Waals surface area contributed by atoms with Gasteiger partial charge in [-0.3, -0.25) is 4.79 Å². The molecule has 2 rings (SSSR count). The number of nitrogens with zero attached hydrogens (tertiary/aromatic N) is 1. The van der Waals surface area contributed by atoms with Crippen molar-refractivity contribution in [2.24, 2.45) is 0 Å². The van der Waals surface area contributed by atoms with Gasteiger partial charge in [0.05, 0.1) is 0 Å². The molecule has 2 aromatic rings. The summed E-state index contributed by atoms with van der Waals surface area (Å²) in [5, 5.41) is 0. The van der Waals surface area contributed by atoms with Crippen LogP contribution in [0.3, 0.4) is 0 Å². The van der Waals surface area contributed by atoms with E-state index in [0.29, 0.717) is 5.69 Å². The second-order valence-corrected chi connectivity index (χ2v) is 6.43. The third kappa shape index (κ3) is 5.36. The molecule has 0 unspecified atom stereocenters. The minimum Gasteiger partial charge on any atom is -0.312 e. The maximum absolute atomic E-state index is 14.5. The standard InChI is InChI=1S/C23H25F2NO/c1-4-6-7-8-17-9-11-18(12-10-17)22(24)23(25)19-13-15-20(16-14-19)26(3)21(27)5-2/h5,9-16H,2,4,6-8H2,1,3H3/b23-22+. The molecule has 0 aliphatic heterocycles. The molecule has 1 amide bonds. The Labute approximate surface area is 159 Å². The number of halogens is 2. The van der Waals surface area contributed by atoms with E-state index in [2.05, 4.69) is 13.5 Å². The molecule has 142 valence electrons. The predicted octanol–water partition coefficient (Wildman–Crippen LogP) is 6.33. The van der Waals surface area contributed by atoms with Crippen molar-refractivity contribution in [1.29, 1.82) is 0 Å². The number of amides is 1.